The summed E-state index contributed by atoms with van der Waals surface area (Å²) >= 11 is 8.47. The lowest BCUT2D eigenvalue weighted by atomic mass is 10.1. The van der Waals surface area contributed by atoms with Gasteiger partial charge in [0.1, 0.15) is 0 Å². The van der Waals surface area contributed by atoms with Gasteiger partial charge >= 0.3 is 0 Å². The average Bonchev–Trinajstić information content (AvgIpc) is 2.64. The lowest BCUT2D eigenvalue weighted by Gasteiger charge is -2.09. The summed E-state index contributed by atoms with van der Waals surface area (Å²) < 4.78 is 2.86. The van der Waals surface area contributed by atoms with Crippen LogP contribution in [0.4, 0.5) is 0 Å². The van der Waals surface area contributed by atoms with Crippen molar-refractivity contribution in [2.45, 2.75) is 19.4 Å². The number of hydrogen-bond acceptors (Lipinski definition) is 2. The second-order valence-corrected chi connectivity index (χ2v) is 5.72. The quantitative estimate of drug-likeness (QED) is 0.854. The van der Waals surface area contributed by atoms with Crippen LogP contribution in [-0.2, 0) is 6.42 Å². The molecule has 2 aromatic rings. The van der Waals surface area contributed by atoms with Gasteiger partial charge in [-0.15, -0.1) is 0 Å². The third kappa shape index (κ3) is 3.20. The third-order valence-corrected chi connectivity index (χ3v) is 3.23. The molecule has 1 atom stereocenters. The monoisotopic (exact) mass is 361 g/mol. The molecule has 1 aromatic carbocycles. The second kappa shape index (κ2) is 5.37. The Morgan fingerprint density at radius 3 is 2.82 bits per heavy atom. The molecule has 17 heavy (non-hydrogen) atoms. The first-order valence-corrected chi connectivity index (χ1v) is 6.76. The Bertz CT molecular complexity index is 522. The predicted octanol–water partition coefficient (Wildman–Crippen LogP) is 3.02. The molecule has 2 N–H and O–H groups in total. The highest BCUT2D eigenvalue weighted by molar-refractivity contribution is 14.1. The molecule has 0 saturated heterocycles. The maximum absolute atomic E-state index is 6.25. The van der Waals surface area contributed by atoms with E-state index < -0.39 is 0 Å². The summed E-state index contributed by atoms with van der Waals surface area (Å²) in [4.78, 5) is 0. The van der Waals surface area contributed by atoms with Crippen LogP contribution in [-0.4, -0.2) is 15.8 Å². The fraction of sp³-hybridized carbons (Fsp3) is 0.250. The van der Waals surface area contributed by atoms with E-state index in [-0.39, 0.29) is 6.04 Å². The van der Waals surface area contributed by atoms with Crippen LogP contribution >= 0.6 is 34.2 Å². The van der Waals surface area contributed by atoms with Crippen molar-refractivity contribution in [3.8, 4) is 5.69 Å². The third-order valence-electron chi connectivity index (χ3n) is 2.37. The molecule has 5 heteroatoms. The molecule has 1 heterocycles. The number of nitrogens with zero attached hydrogens (tertiary/aromatic N) is 2. The number of rotatable bonds is 3. The zero-order valence-electron chi connectivity index (χ0n) is 9.40. The van der Waals surface area contributed by atoms with E-state index in [0.29, 0.717) is 5.02 Å². The van der Waals surface area contributed by atoms with Crippen molar-refractivity contribution in [3.05, 3.63) is 44.7 Å². The molecule has 3 nitrogen and oxygen atoms in total. The minimum absolute atomic E-state index is 0.141. The van der Waals surface area contributed by atoms with Crippen molar-refractivity contribution in [1.29, 1.82) is 0 Å². The van der Waals surface area contributed by atoms with Crippen LogP contribution in [0.2, 0.25) is 5.02 Å². The van der Waals surface area contributed by atoms with Crippen molar-refractivity contribution in [2.24, 2.45) is 5.73 Å². The zero-order chi connectivity index (χ0) is 12.4. The maximum atomic E-state index is 6.25. The lowest BCUT2D eigenvalue weighted by Crippen LogP contribution is -2.17. The van der Waals surface area contributed by atoms with Crippen LogP contribution in [0.25, 0.3) is 5.69 Å². The molecule has 0 fully saturated rings. The summed E-state index contributed by atoms with van der Waals surface area (Å²) in [5, 5.41) is 4.93. The molecule has 0 saturated carbocycles. The Kier molecular flexibility index (Phi) is 4.06. The SMILES string of the molecule is CC(N)Cc1ccc(-n2cc(I)cn2)c(Cl)c1. The number of benzene rings is 1. The first kappa shape index (κ1) is 12.9. The summed E-state index contributed by atoms with van der Waals surface area (Å²) in [6, 6.07) is 6.11. The molecule has 0 radical (unpaired) electrons. The Morgan fingerprint density at radius 1 is 1.53 bits per heavy atom. The van der Waals surface area contributed by atoms with Gasteiger partial charge in [0.25, 0.3) is 0 Å². The molecule has 1 unspecified atom stereocenters. The van der Waals surface area contributed by atoms with E-state index in [4.69, 9.17) is 17.3 Å². The molecule has 0 aliphatic heterocycles. The van der Waals surface area contributed by atoms with Crippen LogP contribution in [0.3, 0.4) is 0 Å². The van der Waals surface area contributed by atoms with Gasteiger partial charge in [-0.2, -0.15) is 5.10 Å². The fourth-order valence-electron chi connectivity index (χ4n) is 1.67. The fourth-order valence-corrected chi connectivity index (χ4v) is 2.35. The van der Waals surface area contributed by atoms with Gasteiger partial charge in [0, 0.05) is 12.2 Å². The van der Waals surface area contributed by atoms with E-state index >= 15 is 0 Å². The molecule has 0 spiro atoms. The van der Waals surface area contributed by atoms with Crippen molar-refractivity contribution < 1.29 is 0 Å². The highest BCUT2D eigenvalue weighted by Gasteiger charge is 2.06. The van der Waals surface area contributed by atoms with Crippen LogP contribution in [0.15, 0.2) is 30.6 Å². The highest BCUT2D eigenvalue weighted by atomic mass is 127. The summed E-state index contributed by atoms with van der Waals surface area (Å²) in [6.45, 7) is 1.98. The van der Waals surface area contributed by atoms with Crippen LogP contribution < -0.4 is 5.73 Å². The van der Waals surface area contributed by atoms with Crippen molar-refractivity contribution in [3.63, 3.8) is 0 Å². The predicted molar refractivity (Wildman–Crippen MR) is 78.6 cm³/mol. The Labute approximate surface area is 119 Å². The summed E-state index contributed by atoms with van der Waals surface area (Å²) in [7, 11) is 0. The topological polar surface area (TPSA) is 43.8 Å². The van der Waals surface area contributed by atoms with Crippen LogP contribution in [0.1, 0.15) is 12.5 Å². The highest BCUT2D eigenvalue weighted by Crippen LogP contribution is 2.22. The Morgan fingerprint density at radius 2 is 2.29 bits per heavy atom. The van der Waals surface area contributed by atoms with Gasteiger partial charge < -0.3 is 5.73 Å². The Balaban J connectivity index is 2.31. The first-order valence-electron chi connectivity index (χ1n) is 5.31. The number of nitrogens with two attached hydrogens (primary N) is 1. The first-order chi connectivity index (χ1) is 8.06. The van der Waals surface area contributed by atoms with E-state index in [2.05, 4.69) is 27.7 Å². The van der Waals surface area contributed by atoms with E-state index in [1.165, 1.54) is 0 Å². The number of hydrogen-bond donors (Lipinski definition) is 1. The molecular weight excluding hydrogens is 349 g/mol. The standard InChI is InChI=1S/C12H13ClIN3/c1-8(15)4-9-2-3-12(11(13)5-9)17-7-10(14)6-16-17/h2-3,5-8H,4,15H2,1H3. The Hall–Kier alpha value is -0.590. The number of halogens is 2. The van der Waals surface area contributed by atoms with Gasteiger partial charge in [-0.1, -0.05) is 17.7 Å². The average molecular weight is 362 g/mol. The maximum Gasteiger partial charge on any atom is 0.0832 e. The minimum atomic E-state index is 0.141. The summed E-state index contributed by atoms with van der Waals surface area (Å²) in [5.41, 5.74) is 7.81. The molecule has 0 amide bonds. The van der Waals surface area contributed by atoms with Gasteiger partial charge in [-0.05, 0) is 53.6 Å². The largest absolute Gasteiger partial charge is 0.328 e. The molecule has 2 rings (SSSR count). The van der Waals surface area contributed by atoms with Gasteiger partial charge in [0.2, 0.25) is 0 Å². The molecule has 1 aromatic heterocycles. The summed E-state index contributed by atoms with van der Waals surface area (Å²) in [6.07, 6.45) is 4.57. The van der Waals surface area contributed by atoms with Crippen LogP contribution in [0, 0.1) is 3.57 Å². The zero-order valence-corrected chi connectivity index (χ0v) is 12.3. The minimum Gasteiger partial charge on any atom is -0.328 e. The van der Waals surface area contributed by atoms with E-state index in [1.54, 1.807) is 10.9 Å². The van der Waals surface area contributed by atoms with Gasteiger partial charge in [0.05, 0.1) is 20.5 Å². The normalized spacial score (nSPS) is 12.7. The van der Waals surface area contributed by atoms with Gasteiger partial charge in [-0.25, -0.2) is 4.68 Å². The van der Waals surface area contributed by atoms with Crippen molar-refractivity contribution in [2.75, 3.05) is 0 Å². The summed E-state index contributed by atoms with van der Waals surface area (Å²) in [5.74, 6) is 0. The smallest absolute Gasteiger partial charge is 0.0832 e. The van der Waals surface area contributed by atoms with E-state index in [9.17, 15) is 0 Å². The van der Waals surface area contributed by atoms with E-state index in [0.717, 1.165) is 21.2 Å². The molecule has 0 aliphatic rings. The number of aromatic nitrogens is 2. The second-order valence-electron chi connectivity index (χ2n) is 4.07. The lowest BCUT2D eigenvalue weighted by molar-refractivity contribution is 0.737. The molecule has 0 bridgehead atoms. The van der Waals surface area contributed by atoms with Gasteiger partial charge in [0.15, 0.2) is 0 Å². The molecule has 0 aliphatic carbocycles. The van der Waals surface area contributed by atoms with Gasteiger partial charge in [-0.3, -0.25) is 0 Å². The molecular formula is C12H13ClIN3. The van der Waals surface area contributed by atoms with Crippen LogP contribution in [0.5, 0.6) is 0 Å². The molecule has 90 valence electrons. The van der Waals surface area contributed by atoms with Crippen molar-refractivity contribution >= 4 is 34.2 Å². The van der Waals surface area contributed by atoms with E-state index in [1.807, 2.05) is 31.3 Å². The van der Waals surface area contributed by atoms with Crippen molar-refractivity contribution in [1.82, 2.24) is 9.78 Å².